The van der Waals surface area contributed by atoms with E-state index in [1.165, 1.54) is 7.11 Å². The quantitative estimate of drug-likeness (QED) is 0.542. The minimum atomic E-state index is -0.673. The van der Waals surface area contributed by atoms with Crippen molar-refractivity contribution in [3.05, 3.63) is 0 Å². The number of hydrogen-bond donors (Lipinski definition) is 0. The smallest absolute Gasteiger partial charge is 0.318 e. The van der Waals surface area contributed by atoms with E-state index in [1.807, 2.05) is 6.92 Å². The average molecular weight is 243 g/mol. The summed E-state index contributed by atoms with van der Waals surface area (Å²) in [4.78, 5) is 25.3. The molecule has 1 aliphatic rings. The lowest BCUT2D eigenvalue weighted by molar-refractivity contribution is -0.154. The van der Waals surface area contributed by atoms with Crippen molar-refractivity contribution >= 4 is 11.9 Å². The van der Waals surface area contributed by atoms with E-state index in [0.29, 0.717) is 19.6 Å². The Kier molecular flexibility index (Phi) is 5.41. The molecule has 0 aromatic heterocycles. The van der Waals surface area contributed by atoms with Gasteiger partial charge in [0, 0.05) is 26.3 Å². The maximum atomic E-state index is 12.2. The predicted molar refractivity (Wildman–Crippen MR) is 62.4 cm³/mol. The van der Waals surface area contributed by atoms with Crippen LogP contribution in [0.4, 0.5) is 0 Å². The Balaban J connectivity index is 2.62. The summed E-state index contributed by atoms with van der Waals surface area (Å²) in [5.74, 6) is -1.27. The summed E-state index contributed by atoms with van der Waals surface area (Å²) in [6, 6.07) is 0.176. The van der Waals surface area contributed by atoms with Gasteiger partial charge in [-0.15, -0.1) is 0 Å². The number of ether oxygens (including phenoxy) is 2. The summed E-state index contributed by atoms with van der Waals surface area (Å²) in [6.07, 6.45) is 2.14. The van der Waals surface area contributed by atoms with E-state index >= 15 is 0 Å². The third-order valence-corrected chi connectivity index (χ3v) is 3.28. The van der Waals surface area contributed by atoms with Crippen LogP contribution < -0.4 is 0 Å². The first-order valence-electron chi connectivity index (χ1n) is 6.04. The number of carbonyl (C=O) groups excluding carboxylic acids is 2. The van der Waals surface area contributed by atoms with Crippen LogP contribution in [0, 0.1) is 5.92 Å². The topological polar surface area (TPSA) is 55.8 Å². The molecule has 1 amide bonds. The van der Waals surface area contributed by atoms with Crippen LogP contribution in [0.25, 0.3) is 0 Å². The Hall–Kier alpha value is -1.10. The second-order valence-electron chi connectivity index (χ2n) is 4.28. The first-order chi connectivity index (χ1) is 8.11. The summed E-state index contributed by atoms with van der Waals surface area (Å²) in [5.41, 5.74) is 0. The van der Waals surface area contributed by atoms with E-state index in [4.69, 9.17) is 4.74 Å². The highest BCUT2D eigenvalue weighted by Gasteiger charge is 2.32. The van der Waals surface area contributed by atoms with E-state index in [9.17, 15) is 9.59 Å². The molecule has 98 valence electrons. The molecule has 1 rings (SSSR count). The van der Waals surface area contributed by atoms with Crippen LogP contribution in [0.3, 0.4) is 0 Å². The zero-order valence-corrected chi connectivity index (χ0v) is 10.8. The van der Waals surface area contributed by atoms with Gasteiger partial charge >= 0.3 is 5.97 Å². The predicted octanol–water partition coefficient (Wildman–Crippen LogP) is 0.823. The van der Waals surface area contributed by atoms with Crippen molar-refractivity contribution in [3.8, 4) is 0 Å². The highest BCUT2D eigenvalue weighted by molar-refractivity contribution is 5.97. The number of rotatable bonds is 4. The highest BCUT2D eigenvalue weighted by Crippen LogP contribution is 2.17. The molecule has 1 saturated heterocycles. The van der Waals surface area contributed by atoms with Gasteiger partial charge in [-0.05, 0) is 19.3 Å². The van der Waals surface area contributed by atoms with E-state index in [0.717, 1.165) is 12.8 Å². The van der Waals surface area contributed by atoms with Crippen molar-refractivity contribution in [2.75, 3.05) is 27.4 Å². The monoisotopic (exact) mass is 243 g/mol. The summed E-state index contributed by atoms with van der Waals surface area (Å²) in [6.45, 7) is 3.17. The van der Waals surface area contributed by atoms with Gasteiger partial charge in [-0.2, -0.15) is 0 Å². The molecule has 0 N–H and O–H groups in total. The average Bonchev–Trinajstić information content (AvgIpc) is 2.39. The minimum absolute atomic E-state index is 0.147. The molecular formula is C12H21NO4. The van der Waals surface area contributed by atoms with Crippen LogP contribution in [0.2, 0.25) is 0 Å². The lowest BCUT2D eigenvalue weighted by Gasteiger charge is -2.32. The molecule has 1 fully saturated rings. The first-order valence-corrected chi connectivity index (χ1v) is 6.04. The largest absolute Gasteiger partial charge is 0.468 e. The third kappa shape index (κ3) is 3.43. The number of nitrogens with zero attached hydrogens (tertiary/aromatic N) is 1. The molecule has 0 radical (unpaired) electrons. The molecule has 1 heterocycles. The fourth-order valence-corrected chi connectivity index (χ4v) is 2.08. The summed E-state index contributed by atoms with van der Waals surface area (Å²) in [5, 5.41) is 0. The van der Waals surface area contributed by atoms with Crippen molar-refractivity contribution in [2.24, 2.45) is 5.92 Å². The van der Waals surface area contributed by atoms with Crippen LogP contribution in [0.5, 0.6) is 0 Å². The van der Waals surface area contributed by atoms with E-state index < -0.39 is 11.9 Å². The van der Waals surface area contributed by atoms with Gasteiger partial charge in [-0.3, -0.25) is 9.59 Å². The summed E-state index contributed by atoms with van der Waals surface area (Å²) in [7, 11) is 3.07. The van der Waals surface area contributed by atoms with Crippen molar-refractivity contribution in [1.29, 1.82) is 0 Å². The van der Waals surface area contributed by atoms with Gasteiger partial charge in [0.2, 0.25) is 5.91 Å². The van der Waals surface area contributed by atoms with Crippen LogP contribution in [-0.4, -0.2) is 50.2 Å². The molecule has 0 aromatic carbocycles. The Bertz CT molecular complexity index is 274. The van der Waals surface area contributed by atoms with Gasteiger partial charge in [0.1, 0.15) is 5.92 Å². The lowest BCUT2D eigenvalue weighted by Crippen LogP contribution is -2.45. The van der Waals surface area contributed by atoms with E-state index in [2.05, 4.69) is 4.74 Å². The van der Waals surface area contributed by atoms with Gasteiger partial charge in [0.15, 0.2) is 0 Å². The zero-order valence-electron chi connectivity index (χ0n) is 10.8. The van der Waals surface area contributed by atoms with Crippen molar-refractivity contribution < 1.29 is 19.1 Å². The molecular weight excluding hydrogens is 222 g/mol. The normalized spacial score (nSPS) is 18.5. The SMILES string of the molecule is CCC(C(=O)OC)C(=O)N(C)C1CCOCC1. The maximum absolute atomic E-state index is 12.2. The van der Waals surface area contributed by atoms with Gasteiger partial charge in [-0.1, -0.05) is 6.92 Å². The zero-order chi connectivity index (χ0) is 12.8. The summed E-state index contributed by atoms with van der Waals surface area (Å²) < 4.78 is 9.91. The number of hydrogen-bond acceptors (Lipinski definition) is 4. The van der Waals surface area contributed by atoms with Crippen LogP contribution >= 0.6 is 0 Å². The number of methoxy groups -OCH3 is 1. The minimum Gasteiger partial charge on any atom is -0.468 e. The molecule has 1 atom stereocenters. The Morgan fingerprint density at radius 2 is 2.00 bits per heavy atom. The maximum Gasteiger partial charge on any atom is 0.318 e. The lowest BCUT2D eigenvalue weighted by atomic mass is 10.0. The second-order valence-corrected chi connectivity index (χ2v) is 4.28. The molecule has 0 aromatic rings. The number of esters is 1. The van der Waals surface area contributed by atoms with Crippen molar-refractivity contribution in [2.45, 2.75) is 32.2 Å². The molecule has 5 nitrogen and oxygen atoms in total. The van der Waals surface area contributed by atoms with Gasteiger partial charge in [-0.25, -0.2) is 0 Å². The third-order valence-electron chi connectivity index (χ3n) is 3.28. The molecule has 0 aliphatic carbocycles. The summed E-state index contributed by atoms with van der Waals surface area (Å²) >= 11 is 0. The molecule has 17 heavy (non-hydrogen) atoms. The molecule has 1 unspecified atom stereocenters. The van der Waals surface area contributed by atoms with Crippen molar-refractivity contribution in [1.82, 2.24) is 4.90 Å². The van der Waals surface area contributed by atoms with Crippen LogP contribution in [-0.2, 0) is 19.1 Å². The van der Waals surface area contributed by atoms with Gasteiger partial charge in [0.05, 0.1) is 7.11 Å². The van der Waals surface area contributed by atoms with Crippen molar-refractivity contribution in [3.63, 3.8) is 0 Å². The first kappa shape index (κ1) is 14.0. The fraction of sp³-hybridized carbons (Fsp3) is 0.833. The second kappa shape index (κ2) is 6.59. The molecule has 0 spiro atoms. The number of amides is 1. The molecule has 5 heteroatoms. The van der Waals surface area contributed by atoms with E-state index in [-0.39, 0.29) is 11.9 Å². The molecule has 0 saturated carbocycles. The fourth-order valence-electron chi connectivity index (χ4n) is 2.08. The standard InChI is InChI=1S/C12H21NO4/c1-4-10(12(15)16-3)11(14)13(2)9-5-7-17-8-6-9/h9-10H,4-8H2,1-3H3. The molecule has 1 aliphatic heterocycles. The van der Waals surface area contributed by atoms with Gasteiger partial charge < -0.3 is 14.4 Å². The Morgan fingerprint density at radius 1 is 1.41 bits per heavy atom. The van der Waals surface area contributed by atoms with Gasteiger partial charge in [0.25, 0.3) is 0 Å². The highest BCUT2D eigenvalue weighted by atomic mass is 16.5. The Morgan fingerprint density at radius 3 is 2.47 bits per heavy atom. The van der Waals surface area contributed by atoms with Crippen LogP contribution in [0.1, 0.15) is 26.2 Å². The number of carbonyl (C=O) groups is 2. The van der Waals surface area contributed by atoms with Crippen LogP contribution in [0.15, 0.2) is 0 Å². The van der Waals surface area contributed by atoms with E-state index in [1.54, 1.807) is 11.9 Å². The molecule has 0 bridgehead atoms. The Labute approximate surface area is 102 Å².